The molecule has 0 bridgehead atoms. The van der Waals surface area contributed by atoms with E-state index in [0.29, 0.717) is 5.56 Å². The first kappa shape index (κ1) is 10.9. The normalized spacial score (nSPS) is 24.2. The van der Waals surface area contributed by atoms with E-state index in [-0.39, 0.29) is 5.91 Å². The van der Waals surface area contributed by atoms with E-state index in [2.05, 4.69) is 0 Å². The number of allylic oxidation sites excluding steroid dienone is 1. The molecular formula is C13H15NO2. The lowest BCUT2D eigenvalue weighted by Crippen LogP contribution is -2.39. The topological polar surface area (TPSA) is 29.5 Å². The second kappa shape index (κ2) is 3.76. The highest BCUT2D eigenvalue weighted by atomic mass is 16.7. The van der Waals surface area contributed by atoms with Gasteiger partial charge in [-0.05, 0) is 25.5 Å². The minimum atomic E-state index is -0.503. The number of fused-ring (bicyclic) bond motifs is 1. The van der Waals surface area contributed by atoms with Crippen molar-refractivity contribution in [3.63, 3.8) is 0 Å². The first-order valence-corrected chi connectivity index (χ1v) is 5.27. The Kier molecular flexibility index (Phi) is 2.56. The van der Waals surface area contributed by atoms with Crippen LogP contribution in [-0.2, 0) is 10.4 Å². The molecule has 0 saturated heterocycles. The van der Waals surface area contributed by atoms with Gasteiger partial charge in [-0.3, -0.25) is 9.63 Å². The Bertz CT molecular complexity index is 453. The van der Waals surface area contributed by atoms with Crippen LogP contribution in [0.5, 0.6) is 0 Å². The van der Waals surface area contributed by atoms with Gasteiger partial charge in [0.2, 0.25) is 0 Å². The third-order valence-corrected chi connectivity index (χ3v) is 2.98. The molecule has 0 saturated carbocycles. The lowest BCUT2D eigenvalue weighted by molar-refractivity contribution is -0.138. The van der Waals surface area contributed by atoms with Crippen LogP contribution in [0.15, 0.2) is 36.4 Å². The monoisotopic (exact) mass is 217 g/mol. The van der Waals surface area contributed by atoms with Crippen molar-refractivity contribution in [2.24, 2.45) is 0 Å². The molecule has 0 aliphatic carbocycles. The molecule has 16 heavy (non-hydrogen) atoms. The Balaban J connectivity index is 2.64. The van der Waals surface area contributed by atoms with E-state index in [1.165, 1.54) is 12.2 Å². The summed E-state index contributed by atoms with van der Waals surface area (Å²) >= 11 is 0. The molecule has 3 nitrogen and oxygen atoms in total. The highest BCUT2D eigenvalue weighted by Gasteiger charge is 2.45. The number of benzene rings is 1. The molecule has 0 N–H and O–H groups in total. The van der Waals surface area contributed by atoms with Crippen LogP contribution in [0.3, 0.4) is 0 Å². The largest absolute Gasteiger partial charge is 0.278 e. The van der Waals surface area contributed by atoms with Crippen molar-refractivity contribution in [2.45, 2.75) is 19.4 Å². The minimum absolute atomic E-state index is 0.0845. The lowest BCUT2D eigenvalue weighted by Gasteiger charge is -2.30. The maximum absolute atomic E-state index is 12.1. The van der Waals surface area contributed by atoms with E-state index < -0.39 is 5.54 Å². The molecule has 2 rings (SSSR count). The average molecular weight is 217 g/mol. The molecule has 84 valence electrons. The van der Waals surface area contributed by atoms with Crippen molar-refractivity contribution in [3.8, 4) is 0 Å². The summed E-state index contributed by atoms with van der Waals surface area (Å²) in [5, 5.41) is 1.41. The maximum Gasteiger partial charge on any atom is 0.278 e. The van der Waals surface area contributed by atoms with Crippen LogP contribution < -0.4 is 0 Å². The first-order chi connectivity index (χ1) is 7.65. The van der Waals surface area contributed by atoms with E-state index in [4.69, 9.17) is 4.84 Å². The van der Waals surface area contributed by atoms with Crippen molar-refractivity contribution in [1.29, 1.82) is 0 Å². The Morgan fingerprint density at radius 2 is 2.06 bits per heavy atom. The van der Waals surface area contributed by atoms with Crippen LogP contribution in [0.2, 0.25) is 0 Å². The van der Waals surface area contributed by atoms with Crippen LogP contribution >= 0.6 is 0 Å². The Labute approximate surface area is 95.3 Å². The van der Waals surface area contributed by atoms with Gasteiger partial charge in [0, 0.05) is 5.56 Å². The number of amides is 1. The summed E-state index contributed by atoms with van der Waals surface area (Å²) in [6, 6.07) is 7.60. The number of hydrogen-bond donors (Lipinski definition) is 0. The SMILES string of the molecule is C/C=C/[C@@]1(C)c2ccccc2C(=O)N1OC. The van der Waals surface area contributed by atoms with Crippen molar-refractivity contribution < 1.29 is 9.63 Å². The van der Waals surface area contributed by atoms with Crippen molar-refractivity contribution >= 4 is 5.91 Å². The fraction of sp³-hybridized carbons (Fsp3) is 0.308. The summed E-state index contributed by atoms with van der Waals surface area (Å²) in [5.41, 5.74) is 1.20. The molecule has 1 atom stereocenters. The number of rotatable bonds is 2. The summed E-state index contributed by atoms with van der Waals surface area (Å²) in [4.78, 5) is 17.3. The standard InChI is InChI=1S/C13H15NO2/c1-4-9-13(2)11-8-6-5-7-10(11)12(15)14(13)16-3/h4-9H,1-3H3/b9-4+/t13-/m0/s1. The zero-order chi connectivity index (χ0) is 11.8. The summed E-state index contributed by atoms with van der Waals surface area (Å²) in [6.07, 6.45) is 3.90. The third kappa shape index (κ3) is 1.28. The highest BCUT2D eigenvalue weighted by Crippen LogP contribution is 2.39. The van der Waals surface area contributed by atoms with Crippen LogP contribution in [0.4, 0.5) is 0 Å². The molecular weight excluding hydrogens is 202 g/mol. The molecule has 0 spiro atoms. The molecule has 0 unspecified atom stereocenters. The maximum atomic E-state index is 12.1. The third-order valence-electron chi connectivity index (χ3n) is 2.98. The predicted molar refractivity (Wildman–Crippen MR) is 61.8 cm³/mol. The highest BCUT2D eigenvalue weighted by molar-refractivity contribution is 5.99. The molecule has 1 aromatic carbocycles. The van der Waals surface area contributed by atoms with Gasteiger partial charge in [0.1, 0.15) is 5.54 Å². The molecule has 1 amide bonds. The van der Waals surface area contributed by atoms with E-state index in [0.717, 1.165) is 5.56 Å². The second-order valence-corrected chi connectivity index (χ2v) is 3.98. The number of carbonyl (C=O) groups excluding carboxylic acids is 1. The average Bonchev–Trinajstić information content (AvgIpc) is 2.50. The van der Waals surface area contributed by atoms with Gasteiger partial charge in [0.25, 0.3) is 5.91 Å². The Morgan fingerprint density at radius 3 is 2.69 bits per heavy atom. The lowest BCUT2D eigenvalue weighted by atomic mass is 9.92. The van der Waals surface area contributed by atoms with Gasteiger partial charge < -0.3 is 0 Å². The molecule has 0 aromatic heterocycles. The van der Waals surface area contributed by atoms with Crippen LogP contribution in [0.1, 0.15) is 29.8 Å². The zero-order valence-electron chi connectivity index (χ0n) is 9.73. The van der Waals surface area contributed by atoms with E-state index >= 15 is 0 Å². The van der Waals surface area contributed by atoms with Gasteiger partial charge in [0.05, 0.1) is 7.11 Å². The van der Waals surface area contributed by atoms with Crippen molar-refractivity contribution in [2.75, 3.05) is 7.11 Å². The van der Waals surface area contributed by atoms with Crippen LogP contribution in [0.25, 0.3) is 0 Å². The van der Waals surface area contributed by atoms with Crippen molar-refractivity contribution in [3.05, 3.63) is 47.5 Å². The minimum Gasteiger partial charge on any atom is -0.273 e. The number of hydroxylamine groups is 2. The summed E-state index contributed by atoms with van der Waals surface area (Å²) in [7, 11) is 1.52. The number of hydrogen-bond acceptors (Lipinski definition) is 2. The van der Waals surface area contributed by atoms with Gasteiger partial charge in [-0.25, -0.2) is 5.06 Å². The van der Waals surface area contributed by atoms with Gasteiger partial charge in [-0.15, -0.1) is 0 Å². The first-order valence-electron chi connectivity index (χ1n) is 5.27. The van der Waals surface area contributed by atoms with E-state index in [1.807, 2.05) is 50.3 Å². The van der Waals surface area contributed by atoms with E-state index in [9.17, 15) is 4.79 Å². The Hall–Kier alpha value is -1.61. The van der Waals surface area contributed by atoms with Gasteiger partial charge in [0.15, 0.2) is 0 Å². The molecule has 1 aliphatic rings. The molecule has 0 radical (unpaired) electrons. The fourth-order valence-corrected chi connectivity index (χ4v) is 2.30. The second-order valence-electron chi connectivity index (χ2n) is 3.98. The fourth-order valence-electron chi connectivity index (χ4n) is 2.30. The number of nitrogens with zero attached hydrogens (tertiary/aromatic N) is 1. The van der Waals surface area contributed by atoms with Gasteiger partial charge in [-0.2, -0.15) is 0 Å². The summed E-state index contributed by atoms with van der Waals surface area (Å²) in [5.74, 6) is -0.0845. The smallest absolute Gasteiger partial charge is 0.273 e. The molecule has 1 aromatic rings. The quantitative estimate of drug-likeness (QED) is 0.712. The molecule has 1 aliphatic heterocycles. The molecule has 0 fully saturated rings. The molecule has 3 heteroatoms. The van der Waals surface area contributed by atoms with Crippen molar-refractivity contribution in [1.82, 2.24) is 5.06 Å². The summed E-state index contributed by atoms with van der Waals surface area (Å²) in [6.45, 7) is 3.91. The number of carbonyl (C=O) groups is 1. The van der Waals surface area contributed by atoms with E-state index in [1.54, 1.807) is 0 Å². The summed E-state index contributed by atoms with van der Waals surface area (Å²) < 4.78 is 0. The van der Waals surface area contributed by atoms with Crippen LogP contribution in [-0.4, -0.2) is 18.1 Å². The molecule has 1 heterocycles. The van der Waals surface area contributed by atoms with Crippen LogP contribution in [0, 0.1) is 0 Å². The Morgan fingerprint density at radius 1 is 1.38 bits per heavy atom. The predicted octanol–water partition coefficient (Wildman–Crippen LogP) is 2.50. The van der Waals surface area contributed by atoms with Gasteiger partial charge >= 0.3 is 0 Å². The zero-order valence-corrected chi connectivity index (χ0v) is 9.73. The van der Waals surface area contributed by atoms with Gasteiger partial charge in [-0.1, -0.05) is 30.4 Å².